The molecule has 1 N–H and O–H groups in total. The predicted molar refractivity (Wildman–Crippen MR) is 85.0 cm³/mol. The normalized spacial score (nSPS) is 22.9. The van der Waals surface area contributed by atoms with E-state index in [1.807, 2.05) is 6.07 Å². The van der Waals surface area contributed by atoms with Gasteiger partial charge in [0.2, 0.25) is 5.95 Å². The van der Waals surface area contributed by atoms with E-state index in [4.69, 9.17) is 0 Å². The molecule has 1 aliphatic rings. The summed E-state index contributed by atoms with van der Waals surface area (Å²) in [5.74, 6) is 0.742. The lowest BCUT2D eigenvalue weighted by Crippen LogP contribution is -2.44. The maximum absolute atomic E-state index is 4.25. The lowest BCUT2D eigenvalue weighted by molar-refractivity contribution is 0.144. The number of nitrogens with zero attached hydrogens (tertiary/aromatic N) is 3. The van der Waals surface area contributed by atoms with Crippen molar-refractivity contribution in [1.82, 2.24) is 14.9 Å². The minimum Gasteiger partial charge on any atom is -0.351 e. The Labute approximate surface area is 126 Å². The topological polar surface area (TPSA) is 41.1 Å². The van der Waals surface area contributed by atoms with Crippen molar-refractivity contribution in [3.05, 3.63) is 54.4 Å². The minimum absolute atomic E-state index is 0.467. The molecule has 1 aliphatic heterocycles. The zero-order chi connectivity index (χ0) is 14.5. The Morgan fingerprint density at radius 3 is 2.62 bits per heavy atom. The molecule has 0 bridgehead atoms. The van der Waals surface area contributed by atoms with Crippen LogP contribution in [0.1, 0.15) is 25.3 Å². The van der Waals surface area contributed by atoms with Gasteiger partial charge >= 0.3 is 0 Å². The van der Waals surface area contributed by atoms with Crippen LogP contribution >= 0.6 is 0 Å². The summed E-state index contributed by atoms with van der Waals surface area (Å²) < 4.78 is 0. The second-order valence-corrected chi connectivity index (χ2v) is 5.74. The zero-order valence-electron chi connectivity index (χ0n) is 12.4. The van der Waals surface area contributed by atoms with Gasteiger partial charge in [0.1, 0.15) is 0 Å². The summed E-state index contributed by atoms with van der Waals surface area (Å²) in [6.07, 6.45) is 5.83. The van der Waals surface area contributed by atoms with Crippen LogP contribution in [0, 0.1) is 0 Å². The number of hydrogen-bond acceptors (Lipinski definition) is 4. The van der Waals surface area contributed by atoms with Crippen molar-refractivity contribution in [2.45, 2.75) is 38.4 Å². The van der Waals surface area contributed by atoms with Crippen molar-refractivity contribution >= 4 is 5.95 Å². The van der Waals surface area contributed by atoms with Crippen molar-refractivity contribution in [2.24, 2.45) is 0 Å². The molecule has 2 atom stereocenters. The molecule has 4 nitrogen and oxygen atoms in total. The Balaban J connectivity index is 1.54. The van der Waals surface area contributed by atoms with Crippen LogP contribution in [-0.4, -0.2) is 33.5 Å². The van der Waals surface area contributed by atoms with E-state index in [0.29, 0.717) is 12.1 Å². The summed E-state index contributed by atoms with van der Waals surface area (Å²) in [6, 6.07) is 13.6. The number of nitrogens with one attached hydrogen (secondary N) is 1. The summed E-state index contributed by atoms with van der Waals surface area (Å²) >= 11 is 0. The highest BCUT2D eigenvalue weighted by Crippen LogP contribution is 2.21. The van der Waals surface area contributed by atoms with Gasteiger partial charge in [0.05, 0.1) is 0 Å². The van der Waals surface area contributed by atoms with Gasteiger partial charge in [0.15, 0.2) is 0 Å². The van der Waals surface area contributed by atoms with Gasteiger partial charge in [0, 0.05) is 37.6 Å². The van der Waals surface area contributed by atoms with Gasteiger partial charge in [-0.25, -0.2) is 9.97 Å². The Hall–Kier alpha value is -1.94. The summed E-state index contributed by atoms with van der Waals surface area (Å²) in [6.45, 7) is 4.46. The number of benzene rings is 1. The average molecular weight is 282 g/mol. The molecule has 0 amide bonds. The van der Waals surface area contributed by atoms with Gasteiger partial charge in [-0.2, -0.15) is 0 Å². The number of rotatable bonds is 4. The molecule has 1 fully saturated rings. The fraction of sp³-hybridized carbons (Fsp3) is 0.412. The van der Waals surface area contributed by atoms with E-state index in [2.05, 4.69) is 57.4 Å². The lowest BCUT2D eigenvalue weighted by atomic mass is 9.97. The van der Waals surface area contributed by atoms with E-state index in [0.717, 1.165) is 31.9 Å². The molecule has 3 rings (SSSR count). The molecular weight excluding hydrogens is 260 g/mol. The van der Waals surface area contributed by atoms with Crippen LogP contribution in [0.4, 0.5) is 5.95 Å². The number of likely N-dealkylation sites (tertiary alicyclic amines) is 1. The van der Waals surface area contributed by atoms with Crippen LogP contribution in [0.25, 0.3) is 0 Å². The van der Waals surface area contributed by atoms with Gasteiger partial charge in [-0.15, -0.1) is 0 Å². The Kier molecular flexibility index (Phi) is 4.46. The summed E-state index contributed by atoms with van der Waals surface area (Å²) in [5, 5.41) is 3.45. The molecule has 0 radical (unpaired) electrons. The van der Waals surface area contributed by atoms with Gasteiger partial charge in [-0.3, -0.25) is 4.90 Å². The Morgan fingerprint density at radius 1 is 1.14 bits per heavy atom. The molecule has 2 heterocycles. The largest absolute Gasteiger partial charge is 0.351 e. The summed E-state index contributed by atoms with van der Waals surface area (Å²) in [7, 11) is 0. The quantitative estimate of drug-likeness (QED) is 0.936. The molecule has 1 aromatic heterocycles. The fourth-order valence-electron chi connectivity index (χ4n) is 2.96. The fourth-order valence-corrected chi connectivity index (χ4v) is 2.96. The van der Waals surface area contributed by atoms with Gasteiger partial charge in [-0.1, -0.05) is 30.3 Å². The van der Waals surface area contributed by atoms with E-state index >= 15 is 0 Å². The van der Waals surface area contributed by atoms with E-state index < -0.39 is 0 Å². The van der Waals surface area contributed by atoms with Crippen molar-refractivity contribution < 1.29 is 0 Å². The highest BCUT2D eigenvalue weighted by molar-refractivity contribution is 5.24. The molecule has 2 unspecified atom stereocenters. The third-order valence-electron chi connectivity index (χ3n) is 4.14. The number of anilines is 1. The van der Waals surface area contributed by atoms with E-state index in [-0.39, 0.29) is 0 Å². The standard InChI is InChI=1S/C17H22N4/c1-14-12-16(20-17-18-9-5-10-19-17)8-11-21(14)13-15-6-3-2-4-7-15/h2-7,9-10,14,16H,8,11-13H2,1H3,(H,18,19,20). The average Bonchev–Trinajstić information content (AvgIpc) is 2.52. The SMILES string of the molecule is CC1CC(Nc2ncccn2)CCN1Cc1ccccc1. The monoisotopic (exact) mass is 282 g/mol. The highest BCUT2D eigenvalue weighted by atomic mass is 15.2. The first kappa shape index (κ1) is 14.0. The maximum Gasteiger partial charge on any atom is 0.222 e. The number of aromatic nitrogens is 2. The van der Waals surface area contributed by atoms with Crippen LogP contribution in [-0.2, 0) is 6.54 Å². The molecule has 0 aliphatic carbocycles. The van der Waals surface area contributed by atoms with Gasteiger partial charge < -0.3 is 5.32 Å². The van der Waals surface area contributed by atoms with E-state index in [1.54, 1.807) is 12.4 Å². The summed E-state index contributed by atoms with van der Waals surface area (Å²) in [5.41, 5.74) is 1.39. The van der Waals surface area contributed by atoms with E-state index in [1.165, 1.54) is 5.56 Å². The highest BCUT2D eigenvalue weighted by Gasteiger charge is 2.25. The predicted octanol–water partition coefficient (Wildman–Crippen LogP) is 2.94. The van der Waals surface area contributed by atoms with Crippen molar-refractivity contribution in [1.29, 1.82) is 0 Å². The maximum atomic E-state index is 4.25. The lowest BCUT2D eigenvalue weighted by Gasteiger charge is -2.38. The molecule has 1 aromatic carbocycles. The van der Waals surface area contributed by atoms with Gasteiger partial charge in [-0.05, 0) is 31.4 Å². The Bertz CT molecular complexity index is 543. The zero-order valence-corrected chi connectivity index (χ0v) is 12.4. The molecule has 2 aromatic rings. The molecule has 0 saturated carbocycles. The van der Waals surface area contributed by atoms with Gasteiger partial charge in [0.25, 0.3) is 0 Å². The van der Waals surface area contributed by atoms with Crippen molar-refractivity contribution in [3.8, 4) is 0 Å². The van der Waals surface area contributed by atoms with Crippen molar-refractivity contribution in [2.75, 3.05) is 11.9 Å². The number of piperidine rings is 1. The second-order valence-electron chi connectivity index (χ2n) is 5.74. The summed E-state index contributed by atoms with van der Waals surface area (Å²) in [4.78, 5) is 11.1. The molecule has 21 heavy (non-hydrogen) atoms. The first-order valence-electron chi connectivity index (χ1n) is 7.63. The second kappa shape index (κ2) is 6.68. The molecule has 1 saturated heterocycles. The third kappa shape index (κ3) is 3.79. The third-order valence-corrected chi connectivity index (χ3v) is 4.14. The van der Waals surface area contributed by atoms with Crippen LogP contribution in [0.3, 0.4) is 0 Å². The van der Waals surface area contributed by atoms with Crippen LogP contribution in [0.15, 0.2) is 48.8 Å². The number of hydrogen-bond donors (Lipinski definition) is 1. The van der Waals surface area contributed by atoms with Crippen LogP contribution in [0.2, 0.25) is 0 Å². The molecule has 110 valence electrons. The van der Waals surface area contributed by atoms with Crippen LogP contribution in [0.5, 0.6) is 0 Å². The molecule has 0 spiro atoms. The first-order chi connectivity index (χ1) is 10.3. The molecular formula is C17H22N4. The Morgan fingerprint density at radius 2 is 1.90 bits per heavy atom. The van der Waals surface area contributed by atoms with E-state index in [9.17, 15) is 0 Å². The first-order valence-corrected chi connectivity index (χ1v) is 7.63. The molecule has 4 heteroatoms. The smallest absolute Gasteiger partial charge is 0.222 e. The van der Waals surface area contributed by atoms with Crippen molar-refractivity contribution in [3.63, 3.8) is 0 Å². The minimum atomic E-state index is 0.467. The van der Waals surface area contributed by atoms with Crippen LogP contribution < -0.4 is 5.32 Å².